The van der Waals surface area contributed by atoms with Crippen molar-refractivity contribution in [2.75, 3.05) is 17.2 Å². The average Bonchev–Trinajstić information content (AvgIpc) is 3.09. The van der Waals surface area contributed by atoms with Crippen LogP contribution in [0.1, 0.15) is 12.8 Å². The molecule has 0 radical (unpaired) electrons. The molecule has 1 aliphatic carbocycles. The molecule has 1 aliphatic rings. The van der Waals surface area contributed by atoms with Gasteiger partial charge in [0.2, 0.25) is 5.95 Å². The van der Waals surface area contributed by atoms with E-state index >= 15 is 0 Å². The molecule has 0 amide bonds. The maximum atomic E-state index is 4.66. The molecule has 0 aliphatic heterocycles. The molecule has 0 bridgehead atoms. The highest BCUT2D eigenvalue weighted by Crippen LogP contribution is 2.30. The predicted molar refractivity (Wildman–Crippen MR) is 94.5 cm³/mol. The van der Waals surface area contributed by atoms with Crippen molar-refractivity contribution in [2.24, 2.45) is 5.92 Å². The molecule has 0 unspecified atom stereocenters. The Morgan fingerprint density at radius 3 is 3.04 bits per heavy atom. The van der Waals surface area contributed by atoms with Crippen molar-refractivity contribution >= 4 is 39.4 Å². The Morgan fingerprint density at radius 1 is 1.17 bits per heavy atom. The second-order valence-corrected chi connectivity index (χ2v) is 6.26. The van der Waals surface area contributed by atoms with E-state index in [9.17, 15) is 0 Å². The molecular weight excluding hydrogens is 302 g/mol. The van der Waals surface area contributed by atoms with Crippen LogP contribution in [0.4, 0.5) is 17.5 Å². The van der Waals surface area contributed by atoms with Crippen molar-refractivity contribution in [1.29, 1.82) is 0 Å². The Kier molecular flexibility index (Phi) is 2.91. The molecule has 7 nitrogen and oxygen atoms in total. The summed E-state index contributed by atoms with van der Waals surface area (Å²) < 4.78 is 0. The van der Waals surface area contributed by atoms with Crippen molar-refractivity contribution in [2.45, 2.75) is 12.8 Å². The monoisotopic (exact) mass is 319 g/mol. The molecule has 0 saturated heterocycles. The fourth-order valence-corrected chi connectivity index (χ4v) is 2.84. The van der Waals surface area contributed by atoms with Crippen LogP contribution in [0.5, 0.6) is 0 Å². The number of nitrogens with one attached hydrogen (secondary N) is 4. The Morgan fingerprint density at radius 2 is 2.12 bits per heavy atom. The number of aromatic nitrogens is 5. The number of nitrogens with zero attached hydrogens (tertiary/aromatic N) is 3. The molecule has 1 aromatic carbocycles. The summed E-state index contributed by atoms with van der Waals surface area (Å²) in [7, 11) is 0. The average molecular weight is 319 g/mol. The van der Waals surface area contributed by atoms with Gasteiger partial charge >= 0.3 is 0 Å². The molecule has 3 heterocycles. The largest absolute Gasteiger partial charge is 0.369 e. The molecule has 4 aromatic rings. The fraction of sp³-hybridized carbons (Fsp3) is 0.235. The molecule has 24 heavy (non-hydrogen) atoms. The van der Waals surface area contributed by atoms with E-state index in [-0.39, 0.29) is 0 Å². The molecule has 3 aromatic heterocycles. The SMILES string of the molecule is c1cc2c(NCC3CC3)nc(Nc3ccc4cn[nH]c4c3)nc2[nH]1. The first kappa shape index (κ1) is 13.4. The minimum Gasteiger partial charge on any atom is -0.369 e. The van der Waals surface area contributed by atoms with E-state index in [2.05, 4.69) is 35.8 Å². The van der Waals surface area contributed by atoms with Crippen molar-refractivity contribution in [3.63, 3.8) is 0 Å². The van der Waals surface area contributed by atoms with Crippen molar-refractivity contribution < 1.29 is 0 Å². The van der Waals surface area contributed by atoms with Crippen LogP contribution in [0, 0.1) is 5.92 Å². The molecule has 7 heteroatoms. The van der Waals surface area contributed by atoms with Crippen LogP contribution in [-0.4, -0.2) is 31.7 Å². The Labute approximate surface area is 137 Å². The van der Waals surface area contributed by atoms with Crippen LogP contribution in [-0.2, 0) is 0 Å². The maximum Gasteiger partial charge on any atom is 0.231 e. The second kappa shape index (κ2) is 5.23. The van der Waals surface area contributed by atoms with E-state index in [4.69, 9.17) is 0 Å². The topological polar surface area (TPSA) is 94.3 Å². The quantitative estimate of drug-likeness (QED) is 0.452. The first-order valence-corrected chi connectivity index (χ1v) is 8.14. The van der Waals surface area contributed by atoms with Crippen LogP contribution in [0.3, 0.4) is 0 Å². The lowest BCUT2D eigenvalue weighted by Crippen LogP contribution is -2.07. The van der Waals surface area contributed by atoms with Gasteiger partial charge in [-0.1, -0.05) is 0 Å². The highest BCUT2D eigenvalue weighted by molar-refractivity contribution is 5.89. The Bertz CT molecular complexity index is 1010. The third kappa shape index (κ3) is 2.44. The third-order valence-electron chi connectivity index (χ3n) is 4.37. The van der Waals surface area contributed by atoms with Gasteiger partial charge in [-0.2, -0.15) is 15.1 Å². The summed E-state index contributed by atoms with van der Waals surface area (Å²) >= 11 is 0. The highest BCUT2D eigenvalue weighted by atomic mass is 15.2. The molecule has 120 valence electrons. The van der Waals surface area contributed by atoms with Crippen LogP contribution >= 0.6 is 0 Å². The zero-order chi connectivity index (χ0) is 15.9. The van der Waals surface area contributed by atoms with Crippen molar-refractivity contribution in [3.8, 4) is 0 Å². The number of hydrogen-bond acceptors (Lipinski definition) is 5. The lowest BCUT2D eigenvalue weighted by molar-refractivity contribution is 0.884. The molecule has 5 rings (SSSR count). The number of fused-ring (bicyclic) bond motifs is 2. The molecule has 0 atom stereocenters. The van der Waals surface area contributed by atoms with Crippen molar-refractivity contribution in [1.82, 2.24) is 25.1 Å². The lowest BCUT2D eigenvalue weighted by atomic mass is 10.2. The number of benzene rings is 1. The first-order chi connectivity index (χ1) is 11.8. The van der Waals surface area contributed by atoms with E-state index < -0.39 is 0 Å². The van der Waals surface area contributed by atoms with Gasteiger partial charge in [0.1, 0.15) is 11.5 Å². The van der Waals surface area contributed by atoms with Gasteiger partial charge in [-0.05, 0) is 43.0 Å². The summed E-state index contributed by atoms with van der Waals surface area (Å²) in [5.41, 5.74) is 2.73. The van der Waals surface area contributed by atoms with E-state index in [0.717, 1.165) is 45.9 Å². The summed E-state index contributed by atoms with van der Waals surface area (Å²) in [6, 6.07) is 8.02. The number of hydrogen-bond donors (Lipinski definition) is 4. The summed E-state index contributed by atoms with van der Waals surface area (Å²) in [5.74, 6) is 2.23. The maximum absolute atomic E-state index is 4.66. The van der Waals surface area contributed by atoms with Gasteiger partial charge in [0.25, 0.3) is 0 Å². The minimum atomic E-state index is 0.571. The second-order valence-electron chi connectivity index (χ2n) is 6.26. The molecule has 1 fully saturated rings. The van der Waals surface area contributed by atoms with E-state index in [0.29, 0.717) is 5.95 Å². The molecule has 1 saturated carbocycles. The minimum absolute atomic E-state index is 0.571. The zero-order valence-electron chi connectivity index (χ0n) is 13.0. The highest BCUT2D eigenvalue weighted by Gasteiger charge is 2.21. The van der Waals surface area contributed by atoms with Crippen LogP contribution < -0.4 is 10.6 Å². The van der Waals surface area contributed by atoms with E-state index in [1.807, 2.05) is 30.5 Å². The van der Waals surface area contributed by atoms with Crippen LogP contribution in [0.25, 0.3) is 21.9 Å². The predicted octanol–water partition coefficient (Wildman–Crippen LogP) is 3.40. The molecule has 0 spiro atoms. The summed E-state index contributed by atoms with van der Waals surface area (Å²) in [6.45, 7) is 0.969. The Hall–Kier alpha value is -3.09. The smallest absolute Gasteiger partial charge is 0.231 e. The van der Waals surface area contributed by atoms with Gasteiger partial charge in [0, 0.05) is 23.8 Å². The number of anilines is 3. The summed E-state index contributed by atoms with van der Waals surface area (Å²) in [4.78, 5) is 12.4. The molecule has 4 N–H and O–H groups in total. The third-order valence-corrected chi connectivity index (χ3v) is 4.37. The van der Waals surface area contributed by atoms with Gasteiger partial charge < -0.3 is 15.6 Å². The van der Waals surface area contributed by atoms with Crippen LogP contribution in [0.15, 0.2) is 36.7 Å². The van der Waals surface area contributed by atoms with Crippen molar-refractivity contribution in [3.05, 3.63) is 36.7 Å². The summed E-state index contributed by atoms with van der Waals surface area (Å²) in [6.07, 6.45) is 6.32. The van der Waals surface area contributed by atoms with Gasteiger partial charge in [0.05, 0.1) is 17.1 Å². The van der Waals surface area contributed by atoms with Gasteiger partial charge in [-0.15, -0.1) is 0 Å². The van der Waals surface area contributed by atoms with E-state index in [1.165, 1.54) is 12.8 Å². The number of H-pyrrole nitrogens is 2. The lowest BCUT2D eigenvalue weighted by Gasteiger charge is -2.10. The molecular formula is C17H17N7. The van der Waals surface area contributed by atoms with Gasteiger partial charge in [-0.25, -0.2) is 0 Å². The Balaban J connectivity index is 1.48. The van der Waals surface area contributed by atoms with Crippen LogP contribution in [0.2, 0.25) is 0 Å². The normalized spacial score (nSPS) is 14.3. The number of rotatable bonds is 5. The summed E-state index contributed by atoms with van der Waals surface area (Å²) in [5, 5.41) is 15.9. The standard InChI is InChI=1S/C17H17N7/c1-2-10(1)8-19-16-13-5-6-18-15(13)22-17(23-16)21-12-4-3-11-9-20-24-14(11)7-12/h3-7,9-10H,1-2,8H2,(H,20,24)(H3,18,19,21,22,23). The number of aromatic amines is 2. The zero-order valence-corrected chi connectivity index (χ0v) is 13.0. The van der Waals surface area contributed by atoms with Gasteiger partial charge in [0.15, 0.2) is 0 Å². The van der Waals surface area contributed by atoms with Gasteiger partial charge in [-0.3, -0.25) is 5.10 Å². The van der Waals surface area contributed by atoms with E-state index in [1.54, 1.807) is 6.20 Å². The fourth-order valence-electron chi connectivity index (χ4n) is 2.84. The first-order valence-electron chi connectivity index (χ1n) is 8.14.